The Morgan fingerprint density at radius 3 is 2.41 bits per heavy atom. The molecule has 2 nitrogen and oxygen atoms in total. The van der Waals surface area contributed by atoms with E-state index in [1.807, 2.05) is 0 Å². The molecular weight excluding hydrogens is 238 g/mol. The lowest BCUT2D eigenvalue weighted by Gasteiger charge is -2.39. The molecule has 1 aliphatic rings. The third kappa shape index (κ3) is 2.52. The van der Waals surface area contributed by atoms with Gasteiger partial charge in [-0.3, -0.25) is 0 Å². The average Bonchev–Trinajstić information content (AvgIpc) is 2.13. The highest BCUT2D eigenvalue weighted by atomic mass is 19.4. The summed E-state index contributed by atoms with van der Waals surface area (Å²) in [5, 5.41) is 2.89. The summed E-state index contributed by atoms with van der Waals surface area (Å²) in [6.45, 7) is 2.57. The molecule has 0 atom stereocenters. The molecular formula is C11H11F4NO. The van der Waals surface area contributed by atoms with Gasteiger partial charge in [0.15, 0.2) is 0 Å². The van der Waals surface area contributed by atoms with Crippen molar-refractivity contribution in [2.45, 2.75) is 18.7 Å². The minimum Gasteiger partial charge on any atom is -0.484 e. The van der Waals surface area contributed by atoms with Gasteiger partial charge in [-0.2, -0.15) is 13.2 Å². The van der Waals surface area contributed by atoms with Crippen LogP contribution in [0.15, 0.2) is 18.2 Å². The number of hydrogen-bond donors (Lipinski definition) is 1. The highest BCUT2D eigenvalue weighted by molar-refractivity contribution is 5.37. The third-order valence-corrected chi connectivity index (χ3v) is 2.60. The van der Waals surface area contributed by atoms with Gasteiger partial charge in [0, 0.05) is 19.2 Å². The fourth-order valence-corrected chi connectivity index (χ4v) is 1.63. The number of alkyl halides is 3. The molecule has 1 saturated heterocycles. The summed E-state index contributed by atoms with van der Waals surface area (Å²) < 4.78 is 56.2. The third-order valence-electron chi connectivity index (χ3n) is 2.60. The van der Waals surface area contributed by atoms with Crippen LogP contribution in [-0.4, -0.2) is 18.7 Å². The standard InChI is InChI=1S/C11H11F4NO/c1-10(5-16-6-10)17-9-4-7(12)2-3-8(9)11(13,14)15/h2-4,16H,5-6H2,1H3. The molecule has 6 heteroatoms. The molecule has 1 aliphatic heterocycles. The molecule has 1 heterocycles. The van der Waals surface area contributed by atoms with Crippen LogP contribution in [0.4, 0.5) is 17.6 Å². The molecule has 1 aromatic carbocycles. The zero-order chi connectivity index (χ0) is 12.7. The maximum Gasteiger partial charge on any atom is 0.419 e. The van der Waals surface area contributed by atoms with E-state index in [2.05, 4.69) is 5.32 Å². The van der Waals surface area contributed by atoms with E-state index in [1.54, 1.807) is 6.92 Å². The quantitative estimate of drug-likeness (QED) is 0.813. The molecule has 2 rings (SSSR count). The largest absolute Gasteiger partial charge is 0.484 e. The predicted molar refractivity (Wildman–Crippen MR) is 53.3 cm³/mol. The zero-order valence-corrected chi connectivity index (χ0v) is 9.07. The summed E-state index contributed by atoms with van der Waals surface area (Å²) in [6, 6.07) is 2.24. The SMILES string of the molecule is CC1(Oc2cc(F)ccc2C(F)(F)F)CNC1. The van der Waals surface area contributed by atoms with Gasteiger partial charge in [-0.15, -0.1) is 0 Å². The molecule has 0 amide bonds. The highest BCUT2D eigenvalue weighted by Crippen LogP contribution is 2.38. The summed E-state index contributed by atoms with van der Waals surface area (Å²) in [4.78, 5) is 0. The number of nitrogens with one attached hydrogen (secondary N) is 1. The van der Waals surface area contributed by atoms with E-state index in [4.69, 9.17) is 4.74 Å². The first kappa shape index (κ1) is 12.2. The summed E-state index contributed by atoms with van der Waals surface area (Å²) >= 11 is 0. The molecule has 17 heavy (non-hydrogen) atoms. The Hall–Kier alpha value is -1.30. The summed E-state index contributed by atoms with van der Waals surface area (Å²) in [6.07, 6.45) is -4.55. The molecule has 0 saturated carbocycles. The van der Waals surface area contributed by atoms with E-state index in [0.29, 0.717) is 19.2 Å². The van der Waals surface area contributed by atoms with Crippen molar-refractivity contribution in [3.8, 4) is 5.75 Å². The van der Waals surface area contributed by atoms with E-state index in [9.17, 15) is 17.6 Å². The van der Waals surface area contributed by atoms with Crippen LogP contribution >= 0.6 is 0 Å². The second-order valence-corrected chi connectivity index (χ2v) is 4.29. The second kappa shape index (κ2) is 3.87. The molecule has 1 N–H and O–H groups in total. The van der Waals surface area contributed by atoms with Crippen LogP contribution < -0.4 is 10.1 Å². The second-order valence-electron chi connectivity index (χ2n) is 4.29. The smallest absolute Gasteiger partial charge is 0.419 e. The fourth-order valence-electron chi connectivity index (χ4n) is 1.63. The van der Waals surface area contributed by atoms with Crippen LogP contribution in [0.1, 0.15) is 12.5 Å². The van der Waals surface area contributed by atoms with Gasteiger partial charge in [0.2, 0.25) is 0 Å². The van der Waals surface area contributed by atoms with Crippen molar-refractivity contribution >= 4 is 0 Å². The maximum absolute atomic E-state index is 13.0. The normalized spacial score (nSPS) is 18.6. The van der Waals surface area contributed by atoms with E-state index in [1.165, 1.54) is 0 Å². The first-order valence-electron chi connectivity index (χ1n) is 5.07. The Balaban J connectivity index is 2.33. The Morgan fingerprint density at radius 2 is 1.94 bits per heavy atom. The van der Waals surface area contributed by atoms with Crippen molar-refractivity contribution in [3.63, 3.8) is 0 Å². The first-order valence-corrected chi connectivity index (χ1v) is 5.07. The number of rotatable bonds is 2. The van der Waals surface area contributed by atoms with Crippen LogP contribution in [0.3, 0.4) is 0 Å². The van der Waals surface area contributed by atoms with Crippen LogP contribution in [-0.2, 0) is 6.18 Å². The van der Waals surface area contributed by atoms with Crippen LogP contribution in [0.5, 0.6) is 5.75 Å². The zero-order valence-electron chi connectivity index (χ0n) is 9.07. The number of halogens is 4. The molecule has 1 fully saturated rings. The minimum atomic E-state index is -4.55. The van der Waals surface area contributed by atoms with Gasteiger partial charge >= 0.3 is 6.18 Å². The lowest BCUT2D eigenvalue weighted by Crippen LogP contribution is -2.61. The van der Waals surface area contributed by atoms with Gasteiger partial charge in [0.05, 0.1) is 5.56 Å². The van der Waals surface area contributed by atoms with Gasteiger partial charge in [-0.25, -0.2) is 4.39 Å². The highest BCUT2D eigenvalue weighted by Gasteiger charge is 2.39. The number of hydrogen-bond acceptors (Lipinski definition) is 2. The molecule has 0 bridgehead atoms. The van der Waals surface area contributed by atoms with Gasteiger partial charge in [-0.05, 0) is 19.1 Å². The molecule has 0 spiro atoms. The van der Waals surface area contributed by atoms with Gasteiger partial charge < -0.3 is 10.1 Å². The lowest BCUT2D eigenvalue weighted by molar-refractivity contribution is -0.140. The number of ether oxygens (including phenoxy) is 1. The van der Waals surface area contributed by atoms with Crippen LogP contribution in [0.25, 0.3) is 0 Å². The van der Waals surface area contributed by atoms with Crippen molar-refractivity contribution in [2.75, 3.05) is 13.1 Å². The van der Waals surface area contributed by atoms with Crippen molar-refractivity contribution < 1.29 is 22.3 Å². The van der Waals surface area contributed by atoms with E-state index in [0.717, 1.165) is 12.1 Å². The topological polar surface area (TPSA) is 21.3 Å². The maximum atomic E-state index is 13.0. The van der Waals surface area contributed by atoms with Crippen molar-refractivity contribution in [1.29, 1.82) is 0 Å². The Kier molecular flexibility index (Phi) is 2.77. The molecule has 0 aromatic heterocycles. The Morgan fingerprint density at radius 1 is 1.29 bits per heavy atom. The fraction of sp³-hybridized carbons (Fsp3) is 0.455. The number of benzene rings is 1. The molecule has 1 aromatic rings. The molecule has 0 unspecified atom stereocenters. The van der Waals surface area contributed by atoms with Crippen molar-refractivity contribution in [2.24, 2.45) is 0 Å². The Labute approximate surface area is 95.6 Å². The van der Waals surface area contributed by atoms with Gasteiger partial charge in [0.1, 0.15) is 17.2 Å². The molecule has 0 radical (unpaired) electrons. The monoisotopic (exact) mass is 249 g/mol. The van der Waals surface area contributed by atoms with Crippen molar-refractivity contribution in [3.05, 3.63) is 29.6 Å². The van der Waals surface area contributed by atoms with Crippen LogP contribution in [0.2, 0.25) is 0 Å². The molecule has 94 valence electrons. The summed E-state index contributed by atoms with van der Waals surface area (Å²) in [7, 11) is 0. The lowest BCUT2D eigenvalue weighted by atomic mass is 9.99. The van der Waals surface area contributed by atoms with E-state index < -0.39 is 28.9 Å². The van der Waals surface area contributed by atoms with Gasteiger partial charge in [0.25, 0.3) is 0 Å². The minimum absolute atomic E-state index is 0.445. The van der Waals surface area contributed by atoms with Gasteiger partial charge in [-0.1, -0.05) is 0 Å². The summed E-state index contributed by atoms with van der Waals surface area (Å²) in [5.74, 6) is -1.20. The van der Waals surface area contributed by atoms with E-state index >= 15 is 0 Å². The Bertz CT molecular complexity index is 426. The first-order chi connectivity index (χ1) is 7.80. The molecule has 0 aliphatic carbocycles. The average molecular weight is 249 g/mol. The van der Waals surface area contributed by atoms with Crippen molar-refractivity contribution in [1.82, 2.24) is 5.32 Å². The van der Waals surface area contributed by atoms with Crippen LogP contribution in [0, 0.1) is 5.82 Å². The predicted octanol–water partition coefficient (Wildman–Crippen LogP) is 2.59. The van der Waals surface area contributed by atoms with E-state index in [-0.39, 0.29) is 0 Å². The summed E-state index contributed by atoms with van der Waals surface area (Å²) in [5.41, 5.74) is -1.65.